The smallest absolute Gasteiger partial charge is 0.282 e. The van der Waals surface area contributed by atoms with Gasteiger partial charge in [0.15, 0.2) is 6.29 Å². The molecule has 10 heteroatoms. The molecule has 0 atom stereocenters. The highest BCUT2D eigenvalue weighted by molar-refractivity contribution is 7.13. The number of unbranched alkanes of at least 4 members (excludes halogenated alkanes) is 1. The summed E-state index contributed by atoms with van der Waals surface area (Å²) in [5.41, 5.74) is 6.24. The summed E-state index contributed by atoms with van der Waals surface area (Å²) >= 11 is 1.27. The van der Waals surface area contributed by atoms with Crippen LogP contribution in [-0.4, -0.2) is 38.9 Å². The van der Waals surface area contributed by atoms with Crippen molar-refractivity contribution >= 4 is 23.5 Å². The molecule has 9 nitrogen and oxygen atoms in total. The molecule has 0 aliphatic rings. The number of rotatable bonds is 10. The second kappa shape index (κ2) is 10.2. The lowest BCUT2D eigenvalue weighted by molar-refractivity contribution is -0.105. The quantitative estimate of drug-likeness (QED) is 0.178. The van der Waals surface area contributed by atoms with Crippen LogP contribution in [0.4, 0.5) is 0 Å². The van der Waals surface area contributed by atoms with Crippen molar-refractivity contribution in [3.63, 3.8) is 0 Å². The van der Waals surface area contributed by atoms with Gasteiger partial charge < -0.3 is 16.1 Å². The van der Waals surface area contributed by atoms with Gasteiger partial charge in [0, 0.05) is 25.4 Å². The Hall–Kier alpha value is -2.85. The van der Waals surface area contributed by atoms with E-state index in [4.69, 9.17) is 11.6 Å². The number of carbonyl (C=O) groups excluding carboxylic acids is 2. The van der Waals surface area contributed by atoms with E-state index in [0.717, 1.165) is 23.5 Å². The van der Waals surface area contributed by atoms with Gasteiger partial charge in [-0.2, -0.15) is 0 Å². The standard InChI is InChI=1S/C16H21N7O2S/c17-12(11-24)10-23(18)8-4-2-6-14-21-22-16(26-14)15(25)20-9-13-5-1-3-7-19-13/h1,3,5,7,10-11H,2,4,6,8-9,17-18H2,(H,20,25)/b12-10-. The first-order valence-electron chi connectivity index (χ1n) is 8.03. The van der Waals surface area contributed by atoms with Crippen LogP contribution >= 0.6 is 11.3 Å². The number of hydrazine groups is 1. The monoisotopic (exact) mass is 375 g/mol. The number of nitrogens with one attached hydrogen (secondary N) is 1. The number of aldehydes is 1. The van der Waals surface area contributed by atoms with Gasteiger partial charge in [-0.25, -0.2) is 5.84 Å². The van der Waals surface area contributed by atoms with E-state index in [0.29, 0.717) is 30.8 Å². The second-order valence-corrected chi connectivity index (χ2v) is 6.51. The molecule has 2 aromatic rings. The van der Waals surface area contributed by atoms with E-state index in [2.05, 4.69) is 20.5 Å². The fraction of sp³-hybridized carbons (Fsp3) is 0.312. The van der Waals surface area contributed by atoms with Gasteiger partial charge in [-0.1, -0.05) is 17.4 Å². The third-order valence-electron chi connectivity index (χ3n) is 3.33. The molecule has 0 bridgehead atoms. The number of nitrogens with zero attached hydrogens (tertiary/aromatic N) is 4. The minimum atomic E-state index is -0.262. The molecule has 0 radical (unpaired) electrons. The van der Waals surface area contributed by atoms with Crippen LogP contribution in [0.25, 0.3) is 0 Å². The maximum Gasteiger partial charge on any atom is 0.282 e. The minimum absolute atomic E-state index is 0.0815. The number of pyridine rings is 1. The molecular weight excluding hydrogens is 354 g/mol. The summed E-state index contributed by atoms with van der Waals surface area (Å²) in [4.78, 5) is 26.6. The topological polar surface area (TPSA) is 140 Å². The van der Waals surface area contributed by atoms with Crippen molar-refractivity contribution in [3.05, 3.63) is 52.0 Å². The molecule has 26 heavy (non-hydrogen) atoms. The number of allylic oxidation sites excluding steroid dienone is 1. The summed E-state index contributed by atoms with van der Waals surface area (Å²) in [5, 5.41) is 13.2. The average molecular weight is 375 g/mol. The van der Waals surface area contributed by atoms with Crippen LogP contribution in [0, 0.1) is 0 Å². The number of hydrogen-bond donors (Lipinski definition) is 3. The summed E-state index contributed by atoms with van der Waals surface area (Å²) < 4.78 is 0. The van der Waals surface area contributed by atoms with E-state index in [-0.39, 0.29) is 11.6 Å². The average Bonchev–Trinajstić information content (AvgIpc) is 3.13. The minimum Gasteiger partial charge on any atom is -0.395 e. The summed E-state index contributed by atoms with van der Waals surface area (Å²) in [6.45, 7) is 0.906. The van der Waals surface area contributed by atoms with E-state index in [1.165, 1.54) is 22.5 Å². The van der Waals surface area contributed by atoms with E-state index in [1.54, 1.807) is 6.20 Å². The Labute approximate surface area is 155 Å². The summed E-state index contributed by atoms with van der Waals surface area (Å²) in [5.74, 6) is 5.43. The highest BCUT2D eigenvalue weighted by atomic mass is 32.1. The summed E-state index contributed by atoms with van der Waals surface area (Å²) in [6.07, 6.45) is 5.93. The molecule has 0 spiro atoms. The molecule has 1 amide bonds. The molecule has 2 rings (SSSR count). The molecule has 0 aliphatic heterocycles. The molecular formula is C16H21N7O2S. The van der Waals surface area contributed by atoms with E-state index >= 15 is 0 Å². The lowest BCUT2D eigenvalue weighted by atomic mass is 10.2. The van der Waals surface area contributed by atoms with Crippen LogP contribution in [0.3, 0.4) is 0 Å². The Morgan fingerprint density at radius 3 is 2.88 bits per heavy atom. The van der Waals surface area contributed by atoms with Gasteiger partial charge in [0.25, 0.3) is 5.91 Å². The molecule has 5 N–H and O–H groups in total. The van der Waals surface area contributed by atoms with Crippen molar-refractivity contribution in [3.8, 4) is 0 Å². The maximum absolute atomic E-state index is 12.1. The van der Waals surface area contributed by atoms with Crippen molar-refractivity contribution in [1.29, 1.82) is 0 Å². The van der Waals surface area contributed by atoms with Crippen LogP contribution in [0.5, 0.6) is 0 Å². The molecule has 0 saturated carbocycles. The van der Waals surface area contributed by atoms with Crippen LogP contribution in [0.2, 0.25) is 0 Å². The fourth-order valence-corrected chi connectivity index (χ4v) is 2.85. The second-order valence-electron chi connectivity index (χ2n) is 5.45. The van der Waals surface area contributed by atoms with Crippen molar-refractivity contribution in [2.24, 2.45) is 11.6 Å². The third kappa shape index (κ3) is 6.57. The molecule has 2 aromatic heterocycles. The van der Waals surface area contributed by atoms with Gasteiger partial charge in [0.2, 0.25) is 5.01 Å². The number of amides is 1. The number of aromatic nitrogens is 3. The molecule has 0 unspecified atom stereocenters. The van der Waals surface area contributed by atoms with Gasteiger partial charge in [-0.3, -0.25) is 14.6 Å². The first kappa shape index (κ1) is 19.5. The van der Waals surface area contributed by atoms with E-state index < -0.39 is 0 Å². The van der Waals surface area contributed by atoms with Crippen molar-refractivity contribution in [1.82, 2.24) is 25.5 Å². The Kier molecular flexibility index (Phi) is 7.65. The van der Waals surface area contributed by atoms with Crippen LogP contribution < -0.4 is 16.9 Å². The largest absolute Gasteiger partial charge is 0.395 e. The Morgan fingerprint density at radius 1 is 1.31 bits per heavy atom. The van der Waals surface area contributed by atoms with Crippen molar-refractivity contribution in [2.75, 3.05) is 6.54 Å². The predicted octanol–water partition coefficient (Wildman–Crippen LogP) is 0.361. The Morgan fingerprint density at radius 2 is 2.15 bits per heavy atom. The van der Waals surface area contributed by atoms with Crippen LogP contribution in [0.1, 0.15) is 33.3 Å². The number of aryl methyl sites for hydroxylation is 1. The third-order valence-corrected chi connectivity index (χ3v) is 4.31. The molecule has 138 valence electrons. The first-order chi connectivity index (χ1) is 12.6. The van der Waals surface area contributed by atoms with Gasteiger partial charge in [0.1, 0.15) is 5.01 Å². The van der Waals surface area contributed by atoms with Crippen LogP contribution in [-0.2, 0) is 17.8 Å². The Bertz CT molecular complexity index is 748. The molecule has 2 heterocycles. The SMILES string of the molecule is N/C(C=O)=C\N(N)CCCCc1nnc(C(=O)NCc2ccccn2)s1. The zero-order chi connectivity index (χ0) is 18.8. The molecule has 0 fully saturated rings. The lowest BCUT2D eigenvalue weighted by Crippen LogP contribution is -2.27. The molecule has 0 aliphatic carbocycles. The first-order valence-corrected chi connectivity index (χ1v) is 8.84. The summed E-state index contributed by atoms with van der Waals surface area (Å²) in [7, 11) is 0. The van der Waals surface area contributed by atoms with Gasteiger partial charge in [0.05, 0.1) is 17.9 Å². The fourth-order valence-electron chi connectivity index (χ4n) is 2.05. The van der Waals surface area contributed by atoms with Crippen molar-refractivity contribution < 1.29 is 9.59 Å². The van der Waals surface area contributed by atoms with Crippen molar-refractivity contribution in [2.45, 2.75) is 25.8 Å². The summed E-state index contributed by atoms with van der Waals surface area (Å²) in [6, 6.07) is 5.52. The number of nitrogens with two attached hydrogens (primary N) is 2. The number of hydrogen-bond acceptors (Lipinski definition) is 9. The highest BCUT2D eigenvalue weighted by Gasteiger charge is 2.12. The van der Waals surface area contributed by atoms with Crippen LogP contribution in [0.15, 0.2) is 36.3 Å². The van der Waals surface area contributed by atoms with Gasteiger partial charge in [-0.05, 0) is 25.0 Å². The highest BCUT2D eigenvalue weighted by Crippen LogP contribution is 2.13. The molecule has 0 aromatic carbocycles. The lowest BCUT2D eigenvalue weighted by Gasteiger charge is -2.12. The zero-order valence-electron chi connectivity index (χ0n) is 14.2. The normalized spacial score (nSPS) is 11.2. The van der Waals surface area contributed by atoms with E-state index in [9.17, 15) is 9.59 Å². The molecule has 0 saturated heterocycles. The number of carbonyl (C=O) groups is 2. The van der Waals surface area contributed by atoms with E-state index in [1.807, 2.05) is 18.2 Å². The van der Waals surface area contributed by atoms with Gasteiger partial charge >= 0.3 is 0 Å². The predicted molar refractivity (Wildman–Crippen MR) is 97.5 cm³/mol. The zero-order valence-corrected chi connectivity index (χ0v) is 15.0. The van der Waals surface area contributed by atoms with Gasteiger partial charge in [-0.15, -0.1) is 10.2 Å². The Balaban J connectivity index is 1.71. The maximum atomic E-state index is 12.1.